The van der Waals surface area contributed by atoms with Crippen LogP contribution in [0.15, 0.2) is 24.3 Å². The van der Waals surface area contributed by atoms with Gasteiger partial charge in [0.15, 0.2) is 0 Å². The quantitative estimate of drug-likeness (QED) is 0.413. The van der Waals surface area contributed by atoms with Gasteiger partial charge in [0.1, 0.15) is 0 Å². The molecule has 0 aromatic heterocycles. The van der Waals surface area contributed by atoms with Crippen molar-refractivity contribution in [2.45, 2.75) is 90.9 Å². The molecule has 0 bridgehead atoms. The van der Waals surface area contributed by atoms with Crippen molar-refractivity contribution in [3.8, 4) is 0 Å². The minimum absolute atomic E-state index is 0.0567. The molecule has 1 aromatic rings. The van der Waals surface area contributed by atoms with E-state index in [2.05, 4.69) is 38.2 Å². The first-order chi connectivity index (χ1) is 11.6. The number of unbranched alkanes of at least 4 members (excludes halogenated alkanes) is 9. The summed E-state index contributed by atoms with van der Waals surface area (Å²) < 4.78 is 0. The molecule has 1 rings (SSSR count). The van der Waals surface area contributed by atoms with Crippen LogP contribution in [0, 0.1) is 0 Å². The molecule has 0 atom stereocenters. The summed E-state index contributed by atoms with van der Waals surface area (Å²) in [7, 11) is 0. The van der Waals surface area contributed by atoms with Crippen molar-refractivity contribution in [3.05, 3.63) is 35.4 Å². The Morgan fingerprint density at radius 2 is 1.33 bits per heavy atom. The molecule has 0 aliphatic heterocycles. The molecule has 136 valence electrons. The van der Waals surface area contributed by atoms with Crippen LogP contribution in [-0.2, 0) is 0 Å². The van der Waals surface area contributed by atoms with Crippen LogP contribution < -0.4 is 5.32 Å². The van der Waals surface area contributed by atoms with Gasteiger partial charge in [-0.3, -0.25) is 4.79 Å². The fourth-order valence-electron chi connectivity index (χ4n) is 2.94. The first-order valence-corrected chi connectivity index (χ1v) is 10.0. The van der Waals surface area contributed by atoms with Gasteiger partial charge in [-0.1, -0.05) is 90.7 Å². The molecule has 0 fully saturated rings. The van der Waals surface area contributed by atoms with E-state index in [0.29, 0.717) is 5.92 Å². The maximum atomic E-state index is 12.1. The van der Waals surface area contributed by atoms with Gasteiger partial charge in [-0.15, -0.1) is 0 Å². The zero-order valence-electron chi connectivity index (χ0n) is 16.1. The zero-order chi connectivity index (χ0) is 17.6. The van der Waals surface area contributed by atoms with Gasteiger partial charge in [0.2, 0.25) is 0 Å². The van der Waals surface area contributed by atoms with E-state index in [1.807, 2.05) is 12.1 Å². The lowest BCUT2D eigenvalue weighted by Gasteiger charge is -2.08. The highest BCUT2D eigenvalue weighted by atomic mass is 16.1. The fourth-order valence-corrected chi connectivity index (χ4v) is 2.94. The average Bonchev–Trinajstić information content (AvgIpc) is 2.59. The van der Waals surface area contributed by atoms with Gasteiger partial charge in [0.05, 0.1) is 0 Å². The molecule has 0 saturated carbocycles. The van der Waals surface area contributed by atoms with Crippen LogP contribution in [0.5, 0.6) is 0 Å². The summed E-state index contributed by atoms with van der Waals surface area (Å²) in [5, 5.41) is 3.03. The van der Waals surface area contributed by atoms with Gasteiger partial charge in [-0.05, 0) is 30.0 Å². The van der Waals surface area contributed by atoms with Crippen molar-refractivity contribution in [1.82, 2.24) is 5.32 Å². The van der Waals surface area contributed by atoms with Crippen molar-refractivity contribution in [3.63, 3.8) is 0 Å². The lowest BCUT2D eigenvalue weighted by Crippen LogP contribution is -2.24. The number of hydrogen-bond donors (Lipinski definition) is 1. The Morgan fingerprint density at radius 1 is 0.833 bits per heavy atom. The summed E-state index contributed by atoms with van der Waals surface area (Å²) >= 11 is 0. The molecule has 2 heteroatoms. The summed E-state index contributed by atoms with van der Waals surface area (Å²) in [5.74, 6) is 0.565. The monoisotopic (exact) mass is 331 g/mol. The van der Waals surface area contributed by atoms with Gasteiger partial charge in [0.25, 0.3) is 5.91 Å². The van der Waals surface area contributed by atoms with E-state index in [0.717, 1.165) is 18.5 Å². The number of carbonyl (C=O) groups is 1. The largest absolute Gasteiger partial charge is 0.352 e. The van der Waals surface area contributed by atoms with Crippen LogP contribution in [0.3, 0.4) is 0 Å². The molecule has 0 unspecified atom stereocenters. The molecule has 24 heavy (non-hydrogen) atoms. The van der Waals surface area contributed by atoms with Crippen molar-refractivity contribution >= 4 is 5.91 Å². The van der Waals surface area contributed by atoms with E-state index < -0.39 is 0 Å². The number of amides is 1. The van der Waals surface area contributed by atoms with E-state index in [9.17, 15) is 4.79 Å². The normalized spacial score (nSPS) is 11.0. The Bertz CT molecular complexity index is 436. The average molecular weight is 332 g/mol. The first kappa shape index (κ1) is 20.7. The Labute approximate surface area is 149 Å². The summed E-state index contributed by atoms with van der Waals surface area (Å²) in [6.07, 6.45) is 13.2. The number of nitrogens with one attached hydrogen (secondary N) is 1. The predicted molar refractivity (Wildman–Crippen MR) is 105 cm³/mol. The second-order valence-electron chi connectivity index (χ2n) is 7.21. The molecular weight excluding hydrogens is 294 g/mol. The van der Waals surface area contributed by atoms with Crippen LogP contribution in [0.4, 0.5) is 0 Å². The van der Waals surface area contributed by atoms with Gasteiger partial charge in [0, 0.05) is 12.1 Å². The maximum Gasteiger partial charge on any atom is 0.251 e. The summed E-state index contributed by atoms with van der Waals surface area (Å²) in [4.78, 5) is 12.1. The van der Waals surface area contributed by atoms with Crippen molar-refractivity contribution in [2.24, 2.45) is 0 Å². The van der Waals surface area contributed by atoms with Gasteiger partial charge < -0.3 is 5.32 Å². The molecule has 1 aromatic carbocycles. The van der Waals surface area contributed by atoms with Crippen LogP contribution in [0.1, 0.15) is 107 Å². The Morgan fingerprint density at radius 3 is 1.83 bits per heavy atom. The van der Waals surface area contributed by atoms with Gasteiger partial charge in [-0.2, -0.15) is 0 Å². The Hall–Kier alpha value is -1.31. The van der Waals surface area contributed by atoms with E-state index >= 15 is 0 Å². The van der Waals surface area contributed by atoms with Crippen molar-refractivity contribution in [2.75, 3.05) is 6.54 Å². The highest BCUT2D eigenvalue weighted by Crippen LogP contribution is 2.14. The third-order valence-corrected chi connectivity index (χ3v) is 4.66. The van der Waals surface area contributed by atoms with Crippen LogP contribution in [0.25, 0.3) is 0 Å². The van der Waals surface area contributed by atoms with E-state index in [1.165, 1.54) is 63.4 Å². The molecule has 0 aliphatic rings. The van der Waals surface area contributed by atoms with Crippen molar-refractivity contribution in [1.29, 1.82) is 0 Å². The standard InChI is InChI=1S/C22H37NO/c1-4-5-6-7-8-9-10-11-12-13-18-23-22(24)21-16-14-20(15-17-21)19(2)3/h14-17,19H,4-13,18H2,1-3H3,(H,23,24). The number of carbonyl (C=O) groups excluding carboxylic acids is 1. The first-order valence-electron chi connectivity index (χ1n) is 10.0. The molecule has 2 nitrogen and oxygen atoms in total. The summed E-state index contributed by atoms with van der Waals surface area (Å²) in [6, 6.07) is 7.98. The number of rotatable bonds is 13. The fraction of sp³-hybridized carbons (Fsp3) is 0.682. The minimum atomic E-state index is 0.0567. The SMILES string of the molecule is CCCCCCCCCCCCNC(=O)c1ccc(C(C)C)cc1. The Balaban J connectivity index is 2.01. The zero-order valence-corrected chi connectivity index (χ0v) is 16.1. The lowest BCUT2D eigenvalue weighted by atomic mass is 10.0. The van der Waals surface area contributed by atoms with Gasteiger partial charge in [-0.25, -0.2) is 0 Å². The number of benzene rings is 1. The molecule has 0 radical (unpaired) electrons. The highest BCUT2D eigenvalue weighted by molar-refractivity contribution is 5.94. The second kappa shape index (κ2) is 13.0. The van der Waals surface area contributed by atoms with Crippen LogP contribution in [-0.4, -0.2) is 12.5 Å². The maximum absolute atomic E-state index is 12.1. The van der Waals surface area contributed by atoms with E-state index in [1.54, 1.807) is 0 Å². The summed E-state index contributed by atoms with van der Waals surface area (Å²) in [6.45, 7) is 7.39. The topological polar surface area (TPSA) is 29.1 Å². The third kappa shape index (κ3) is 9.10. The van der Waals surface area contributed by atoms with E-state index in [-0.39, 0.29) is 5.91 Å². The molecule has 1 N–H and O–H groups in total. The van der Waals surface area contributed by atoms with Crippen molar-refractivity contribution < 1.29 is 4.79 Å². The summed E-state index contributed by atoms with van der Waals surface area (Å²) in [5.41, 5.74) is 2.05. The third-order valence-electron chi connectivity index (χ3n) is 4.66. The molecule has 0 saturated heterocycles. The van der Waals surface area contributed by atoms with Crippen LogP contribution >= 0.6 is 0 Å². The predicted octanol–water partition coefficient (Wildman–Crippen LogP) is 6.46. The van der Waals surface area contributed by atoms with Crippen LogP contribution in [0.2, 0.25) is 0 Å². The highest BCUT2D eigenvalue weighted by Gasteiger charge is 2.05. The molecule has 0 spiro atoms. The van der Waals surface area contributed by atoms with Gasteiger partial charge >= 0.3 is 0 Å². The van der Waals surface area contributed by atoms with E-state index in [4.69, 9.17) is 0 Å². The lowest BCUT2D eigenvalue weighted by molar-refractivity contribution is 0.0953. The number of hydrogen-bond acceptors (Lipinski definition) is 1. The molecule has 0 heterocycles. The minimum Gasteiger partial charge on any atom is -0.352 e. The smallest absolute Gasteiger partial charge is 0.251 e. The molecular formula is C22H37NO. The molecule has 0 aliphatic carbocycles. The second-order valence-corrected chi connectivity index (χ2v) is 7.21. The molecule has 1 amide bonds. The Kier molecular flexibility index (Phi) is 11.3.